The molecule has 0 aromatic carbocycles. The molecule has 0 fully saturated rings. The Morgan fingerprint density at radius 3 is 2.89 bits per heavy atom. The van der Waals surface area contributed by atoms with E-state index in [2.05, 4.69) is 32.4 Å². The highest BCUT2D eigenvalue weighted by molar-refractivity contribution is 9.08. The number of nitrogens with zero attached hydrogens (tertiary/aromatic N) is 1. The van der Waals surface area contributed by atoms with Gasteiger partial charge in [-0.25, -0.2) is 0 Å². The molecule has 0 aromatic rings. The van der Waals surface area contributed by atoms with Gasteiger partial charge in [0.25, 0.3) is 0 Å². The van der Waals surface area contributed by atoms with Crippen LogP contribution < -0.4 is 10.1 Å². The number of rotatable bonds is 3. The Morgan fingerprint density at radius 1 is 1.78 bits per heavy atom. The predicted octanol–water partition coefficient (Wildman–Crippen LogP) is 1.00. The number of nitrogens with one attached hydrogen (secondary N) is 1. The Hall–Kier alpha value is -0.250. The molecule has 4 heteroatoms. The fourth-order valence-electron chi connectivity index (χ4n) is 0.388. The molecule has 0 heterocycles. The fourth-order valence-corrected chi connectivity index (χ4v) is 0.513. The average Bonchev–Trinajstić information content (AvgIpc) is 1.89. The Kier molecular flexibility index (Phi) is 5.72. The first-order valence-electron chi connectivity index (χ1n) is 2.97. The van der Waals surface area contributed by atoms with Crippen LogP contribution in [0.2, 0.25) is 0 Å². The highest BCUT2D eigenvalue weighted by Crippen LogP contribution is 1.85. The second-order valence-electron chi connectivity index (χ2n) is 1.72. The summed E-state index contributed by atoms with van der Waals surface area (Å²) in [6.07, 6.45) is 2.24. The summed E-state index contributed by atoms with van der Waals surface area (Å²) < 4.78 is 2.56. The molecule has 0 rings (SSSR count). The molecule has 0 bridgehead atoms. The molecule has 0 aliphatic heterocycles. The number of hydrogen-bond acceptors (Lipinski definition) is 1. The molecule has 0 aromatic heterocycles. The quantitative estimate of drug-likeness (QED) is 0.305. The van der Waals surface area contributed by atoms with Gasteiger partial charge < -0.3 is 5.73 Å². The Balaban J connectivity index is 3.21. The fraction of sp³-hybridized carbons (Fsp3) is 0.800. The monoisotopic (exact) mass is 193 g/mol. The third-order valence-corrected chi connectivity index (χ3v) is 1.30. The van der Waals surface area contributed by atoms with Crippen molar-refractivity contribution in [2.75, 3.05) is 6.54 Å². The second kappa shape index (κ2) is 5.88. The number of halogens is 1. The van der Waals surface area contributed by atoms with Crippen molar-refractivity contribution in [3.8, 4) is 0 Å². The minimum atomic E-state index is 0.448. The summed E-state index contributed by atoms with van der Waals surface area (Å²) in [5.41, 5.74) is 5.31. The van der Waals surface area contributed by atoms with E-state index in [1.165, 1.54) is 0 Å². The van der Waals surface area contributed by atoms with E-state index in [0.29, 0.717) is 5.96 Å². The molecule has 0 amide bonds. The van der Waals surface area contributed by atoms with Crippen LogP contribution in [0.4, 0.5) is 0 Å². The topological polar surface area (TPSA) is 50.4 Å². The van der Waals surface area contributed by atoms with E-state index in [1.54, 1.807) is 0 Å². The number of aliphatic imine (C=N–C) groups is 1. The summed E-state index contributed by atoms with van der Waals surface area (Å²) >= 11 is 2.96. The van der Waals surface area contributed by atoms with Crippen LogP contribution in [0.25, 0.3) is 0 Å². The van der Waals surface area contributed by atoms with Gasteiger partial charge in [-0.2, -0.15) is 0 Å². The van der Waals surface area contributed by atoms with E-state index in [-0.39, 0.29) is 0 Å². The first-order valence-corrected chi connectivity index (χ1v) is 3.77. The summed E-state index contributed by atoms with van der Waals surface area (Å²) in [7, 11) is 0. The molecule has 0 aliphatic rings. The molecular formula is C5H12BrN3. The molecular weight excluding hydrogens is 182 g/mol. The molecule has 0 aliphatic carbocycles. The molecule has 0 atom stereocenters. The lowest BCUT2D eigenvalue weighted by atomic mass is 10.3. The molecule has 3 nitrogen and oxygen atoms in total. The van der Waals surface area contributed by atoms with Gasteiger partial charge in [-0.3, -0.25) is 9.34 Å². The highest BCUT2D eigenvalue weighted by atomic mass is 79.9. The van der Waals surface area contributed by atoms with Gasteiger partial charge in [-0.05, 0) is 6.42 Å². The van der Waals surface area contributed by atoms with Crippen molar-refractivity contribution in [2.45, 2.75) is 19.8 Å². The summed E-state index contributed by atoms with van der Waals surface area (Å²) in [4.78, 5) is 3.97. The van der Waals surface area contributed by atoms with Gasteiger partial charge in [0.2, 0.25) is 0 Å². The Labute approximate surface area is 64.1 Å². The van der Waals surface area contributed by atoms with E-state index < -0.39 is 0 Å². The third kappa shape index (κ3) is 5.62. The lowest BCUT2D eigenvalue weighted by molar-refractivity contribution is 0.805. The molecule has 9 heavy (non-hydrogen) atoms. The first-order chi connectivity index (χ1) is 4.31. The van der Waals surface area contributed by atoms with Gasteiger partial charge in [-0.15, -0.1) is 0 Å². The molecule has 0 unspecified atom stereocenters. The maximum absolute atomic E-state index is 5.31. The van der Waals surface area contributed by atoms with Crippen LogP contribution in [0, 0.1) is 0 Å². The van der Waals surface area contributed by atoms with Crippen LogP contribution in [0.1, 0.15) is 19.8 Å². The van der Waals surface area contributed by atoms with E-state index in [1.807, 2.05) is 0 Å². The Bertz CT molecular complexity index is 92.2. The van der Waals surface area contributed by atoms with Crippen LogP contribution in [0.15, 0.2) is 4.99 Å². The van der Waals surface area contributed by atoms with Crippen LogP contribution in [0.5, 0.6) is 0 Å². The van der Waals surface area contributed by atoms with Crippen LogP contribution in [-0.4, -0.2) is 12.5 Å². The number of unbranched alkanes of at least 4 members (excludes halogenated alkanes) is 1. The minimum Gasteiger partial charge on any atom is -0.369 e. The van der Waals surface area contributed by atoms with Crippen LogP contribution >= 0.6 is 16.1 Å². The number of guanidine groups is 1. The van der Waals surface area contributed by atoms with Crippen molar-refractivity contribution in [1.29, 1.82) is 0 Å². The normalized spacial score (nSPS) is 11.6. The number of nitrogens with two attached hydrogens (primary N) is 1. The molecule has 54 valence electrons. The molecule has 0 spiro atoms. The standard InChI is InChI=1S/C5H12BrN3/c1-2-3-4-8-5(7)9-6/h2-4H2,1H3,(H3,7,8,9). The van der Waals surface area contributed by atoms with Gasteiger partial charge in [0.15, 0.2) is 5.96 Å². The smallest absolute Gasteiger partial charge is 0.198 e. The predicted molar refractivity (Wildman–Crippen MR) is 43.5 cm³/mol. The van der Waals surface area contributed by atoms with Gasteiger partial charge in [0.1, 0.15) is 0 Å². The zero-order valence-electron chi connectivity index (χ0n) is 5.52. The zero-order chi connectivity index (χ0) is 7.11. The van der Waals surface area contributed by atoms with Crippen LogP contribution in [-0.2, 0) is 0 Å². The van der Waals surface area contributed by atoms with Gasteiger partial charge >= 0.3 is 0 Å². The third-order valence-electron chi connectivity index (χ3n) is 0.891. The van der Waals surface area contributed by atoms with Crippen molar-refractivity contribution >= 4 is 22.1 Å². The van der Waals surface area contributed by atoms with E-state index in [0.717, 1.165) is 19.4 Å². The summed E-state index contributed by atoms with van der Waals surface area (Å²) in [5.74, 6) is 0.448. The number of hydrogen-bond donors (Lipinski definition) is 2. The van der Waals surface area contributed by atoms with Gasteiger partial charge in [0.05, 0.1) is 0 Å². The van der Waals surface area contributed by atoms with Crippen molar-refractivity contribution < 1.29 is 0 Å². The van der Waals surface area contributed by atoms with Gasteiger partial charge in [-0.1, -0.05) is 13.3 Å². The summed E-state index contributed by atoms with van der Waals surface area (Å²) in [6.45, 7) is 2.92. The maximum Gasteiger partial charge on any atom is 0.198 e. The lowest BCUT2D eigenvalue weighted by Gasteiger charge is -1.94. The average molecular weight is 194 g/mol. The first kappa shape index (κ1) is 8.75. The highest BCUT2D eigenvalue weighted by Gasteiger charge is 1.83. The lowest BCUT2D eigenvalue weighted by Crippen LogP contribution is -2.23. The largest absolute Gasteiger partial charge is 0.369 e. The summed E-state index contributed by atoms with van der Waals surface area (Å²) in [6, 6.07) is 0. The van der Waals surface area contributed by atoms with Crippen molar-refractivity contribution in [1.82, 2.24) is 4.34 Å². The molecule has 0 saturated heterocycles. The Morgan fingerprint density at radius 2 is 2.44 bits per heavy atom. The minimum absolute atomic E-state index is 0.448. The zero-order valence-corrected chi connectivity index (χ0v) is 7.11. The summed E-state index contributed by atoms with van der Waals surface area (Å²) in [5, 5.41) is 0. The van der Waals surface area contributed by atoms with E-state index in [9.17, 15) is 0 Å². The van der Waals surface area contributed by atoms with E-state index in [4.69, 9.17) is 5.73 Å². The van der Waals surface area contributed by atoms with Crippen molar-refractivity contribution in [3.63, 3.8) is 0 Å². The van der Waals surface area contributed by atoms with Crippen molar-refractivity contribution in [3.05, 3.63) is 0 Å². The molecule has 0 radical (unpaired) electrons. The van der Waals surface area contributed by atoms with E-state index >= 15 is 0 Å². The second-order valence-corrected chi connectivity index (χ2v) is 2.11. The van der Waals surface area contributed by atoms with Gasteiger partial charge in [0, 0.05) is 22.7 Å². The molecule has 0 saturated carbocycles. The molecule has 3 N–H and O–H groups in total. The van der Waals surface area contributed by atoms with Crippen molar-refractivity contribution in [2.24, 2.45) is 10.7 Å². The maximum atomic E-state index is 5.31. The SMILES string of the molecule is CCCCN=C(N)NBr. The van der Waals surface area contributed by atoms with Crippen LogP contribution in [0.3, 0.4) is 0 Å².